The summed E-state index contributed by atoms with van der Waals surface area (Å²) in [4.78, 5) is 25.6. The predicted octanol–water partition coefficient (Wildman–Crippen LogP) is 2.60. The Morgan fingerprint density at radius 3 is 2.74 bits per heavy atom. The maximum atomic E-state index is 11.9. The van der Waals surface area contributed by atoms with Gasteiger partial charge in [-0.2, -0.15) is 0 Å². The van der Waals surface area contributed by atoms with Crippen molar-refractivity contribution in [3.05, 3.63) is 35.4 Å². The molecule has 2 saturated heterocycles. The molecule has 2 aliphatic heterocycles. The Morgan fingerprint density at radius 1 is 1.37 bits per heavy atom. The number of carboxylic acids is 1. The Kier molecular flexibility index (Phi) is 6.27. The highest BCUT2D eigenvalue weighted by Gasteiger charge is 2.51. The van der Waals surface area contributed by atoms with Crippen molar-refractivity contribution >= 4 is 5.97 Å². The monoisotopic (exact) mass is 372 g/mol. The van der Waals surface area contributed by atoms with Gasteiger partial charge in [0.2, 0.25) is 0 Å². The smallest absolute Gasteiger partial charge is 0.308 e. The molecule has 1 N–H and O–H groups in total. The summed E-state index contributed by atoms with van der Waals surface area (Å²) in [7, 11) is 0. The fraction of sp³-hybridized carbons (Fsp3) is 0.667. The fourth-order valence-corrected chi connectivity index (χ4v) is 4.57. The van der Waals surface area contributed by atoms with Crippen LogP contribution in [0, 0.1) is 11.3 Å². The number of hydrogen-bond donors (Lipinski definition) is 1. The number of allylic oxidation sites excluding steroid dienone is 1. The van der Waals surface area contributed by atoms with Crippen molar-refractivity contribution in [1.82, 2.24) is 19.8 Å². The summed E-state index contributed by atoms with van der Waals surface area (Å²) in [6.07, 6.45) is 6.70. The summed E-state index contributed by atoms with van der Waals surface area (Å²) in [5.74, 6) is 0.000207. The number of aromatic nitrogens is 2. The Bertz CT molecular complexity index is 695. The van der Waals surface area contributed by atoms with E-state index in [0.717, 1.165) is 63.5 Å². The molecule has 1 aromatic heterocycles. The lowest BCUT2D eigenvalue weighted by atomic mass is 9.71. The molecule has 148 valence electrons. The molecule has 1 aromatic rings. The molecule has 0 bridgehead atoms. The van der Waals surface area contributed by atoms with Gasteiger partial charge in [-0.15, -0.1) is 0 Å². The van der Waals surface area contributed by atoms with E-state index in [1.54, 1.807) is 0 Å². The zero-order valence-corrected chi connectivity index (χ0v) is 16.8. The Hall–Kier alpha value is -1.79. The third-order valence-corrected chi connectivity index (χ3v) is 6.30. The van der Waals surface area contributed by atoms with E-state index < -0.39 is 5.97 Å². The van der Waals surface area contributed by atoms with Gasteiger partial charge < -0.3 is 5.11 Å². The minimum atomic E-state index is -0.632. The number of hydrogen-bond acceptors (Lipinski definition) is 5. The molecule has 6 heteroatoms. The fourth-order valence-electron chi connectivity index (χ4n) is 4.57. The van der Waals surface area contributed by atoms with Gasteiger partial charge in [-0.3, -0.25) is 14.6 Å². The predicted molar refractivity (Wildman–Crippen MR) is 105 cm³/mol. The lowest BCUT2D eigenvalue weighted by molar-refractivity contribution is -0.146. The Labute approximate surface area is 162 Å². The van der Waals surface area contributed by atoms with Crippen LogP contribution >= 0.6 is 0 Å². The minimum Gasteiger partial charge on any atom is -0.481 e. The maximum Gasteiger partial charge on any atom is 0.308 e. The molecule has 0 aliphatic carbocycles. The highest BCUT2D eigenvalue weighted by atomic mass is 16.4. The standard InChI is InChI=1S/C21H32N4O2/c1-4-16(3)12-25-14-18(20(26)27)21(15-25)7-10-24(11-8-21)13-17-6-9-22-19(5-2)23-17/h4,6,9,18H,5,7-8,10-15H2,1-3H3,(H,26,27)/b16-4+. The average Bonchev–Trinajstić information content (AvgIpc) is 3.01. The zero-order chi connectivity index (χ0) is 19.4. The van der Waals surface area contributed by atoms with Crippen LogP contribution in [0.25, 0.3) is 0 Å². The van der Waals surface area contributed by atoms with Crippen molar-refractivity contribution in [2.45, 2.75) is 46.6 Å². The first-order valence-corrected chi connectivity index (χ1v) is 10.1. The molecular weight excluding hydrogens is 340 g/mol. The lowest BCUT2D eigenvalue weighted by Gasteiger charge is -2.41. The molecular formula is C21H32N4O2. The van der Waals surface area contributed by atoms with Crippen LogP contribution in [-0.2, 0) is 17.8 Å². The minimum absolute atomic E-state index is 0.0867. The van der Waals surface area contributed by atoms with Crippen LogP contribution in [0.1, 0.15) is 45.1 Å². The van der Waals surface area contributed by atoms with E-state index in [0.29, 0.717) is 6.54 Å². The van der Waals surface area contributed by atoms with Gasteiger partial charge in [-0.1, -0.05) is 18.6 Å². The molecule has 1 spiro atoms. The normalized spacial score (nSPS) is 23.8. The van der Waals surface area contributed by atoms with Gasteiger partial charge in [0.05, 0.1) is 11.6 Å². The molecule has 3 heterocycles. The summed E-state index contributed by atoms with van der Waals surface area (Å²) < 4.78 is 0. The molecule has 1 atom stereocenters. The SMILES string of the molecule is C/C=C(\C)CN1CC(C(=O)O)C2(CCN(Cc3ccnc(CC)n3)CC2)C1. The number of piperidine rings is 1. The number of carboxylic acid groups (broad SMARTS) is 1. The summed E-state index contributed by atoms with van der Waals surface area (Å²) >= 11 is 0. The highest BCUT2D eigenvalue weighted by molar-refractivity contribution is 5.72. The van der Waals surface area contributed by atoms with Gasteiger partial charge in [0, 0.05) is 44.2 Å². The van der Waals surface area contributed by atoms with E-state index in [4.69, 9.17) is 0 Å². The summed E-state index contributed by atoms with van der Waals surface area (Å²) in [6, 6.07) is 1.99. The second kappa shape index (κ2) is 8.48. The number of aryl methyl sites for hydroxylation is 1. The van der Waals surface area contributed by atoms with Gasteiger partial charge in [-0.05, 0) is 45.8 Å². The second-order valence-electron chi connectivity index (χ2n) is 8.15. The molecule has 2 aliphatic rings. The van der Waals surface area contributed by atoms with E-state index in [2.05, 4.69) is 39.7 Å². The van der Waals surface area contributed by atoms with E-state index in [1.807, 2.05) is 19.2 Å². The van der Waals surface area contributed by atoms with E-state index in [9.17, 15) is 9.90 Å². The van der Waals surface area contributed by atoms with Crippen molar-refractivity contribution in [3.63, 3.8) is 0 Å². The number of nitrogens with zero attached hydrogens (tertiary/aromatic N) is 4. The van der Waals surface area contributed by atoms with Crippen LogP contribution in [0.4, 0.5) is 0 Å². The Balaban J connectivity index is 1.63. The Morgan fingerprint density at radius 2 is 2.11 bits per heavy atom. The molecule has 27 heavy (non-hydrogen) atoms. The van der Waals surface area contributed by atoms with Gasteiger partial charge in [0.1, 0.15) is 5.82 Å². The molecule has 0 saturated carbocycles. The third-order valence-electron chi connectivity index (χ3n) is 6.30. The number of aliphatic carboxylic acids is 1. The van der Waals surface area contributed by atoms with Crippen LogP contribution in [0.5, 0.6) is 0 Å². The zero-order valence-electron chi connectivity index (χ0n) is 16.8. The van der Waals surface area contributed by atoms with E-state index >= 15 is 0 Å². The van der Waals surface area contributed by atoms with Crippen molar-refractivity contribution in [1.29, 1.82) is 0 Å². The summed E-state index contributed by atoms with van der Waals surface area (Å²) in [5.41, 5.74) is 2.28. The first-order chi connectivity index (χ1) is 13.0. The van der Waals surface area contributed by atoms with Gasteiger partial charge in [-0.25, -0.2) is 9.97 Å². The number of carbonyl (C=O) groups is 1. The van der Waals surface area contributed by atoms with Gasteiger partial charge in [0.25, 0.3) is 0 Å². The quantitative estimate of drug-likeness (QED) is 0.774. The van der Waals surface area contributed by atoms with Crippen molar-refractivity contribution < 1.29 is 9.90 Å². The van der Waals surface area contributed by atoms with Crippen LogP contribution in [0.3, 0.4) is 0 Å². The molecule has 6 nitrogen and oxygen atoms in total. The van der Waals surface area contributed by atoms with Crippen LogP contribution in [-0.4, -0.2) is 63.6 Å². The van der Waals surface area contributed by atoms with E-state index in [1.165, 1.54) is 5.57 Å². The average molecular weight is 373 g/mol. The summed E-state index contributed by atoms with van der Waals surface area (Å²) in [5, 5.41) is 9.83. The number of likely N-dealkylation sites (tertiary alicyclic amines) is 2. The first-order valence-electron chi connectivity index (χ1n) is 10.1. The van der Waals surface area contributed by atoms with Crippen molar-refractivity contribution in [2.24, 2.45) is 11.3 Å². The van der Waals surface area contributed by atoms with E-state index in [-0.39, 0.29) is 11.3 Å². The molecule has 0 radical (unpaired) electrons. The first kappa shape index (κ1) is 20.0. The molecule has 0 amide bonds. The van der Waals surface area contributed by atoms with Crippen LogP contribution in [0.2, 0.25) is 0 Å². The van der Waals surface area contributed by atoms with Crippen LogP contribution in [0.15, 0.2) is 23.9 Å². The van der Waals surface area contributed by atoms with Crippen LogP contribution < -0.4 is 0 Å². The second-order valence-corrected chi connectivity index (χ2v) is 8.15. The number of rotatable bonds is 6. The van der Waals surface area contributed by atoms with Gasteiger partial charge in [0.15, 0.2) is 0 Å². The molecule has 0 aromatic carbocycles. The summed E-state index contributed by atoms with van der Waals surface area (Å²) in [6.45, 7) is 11.4. The topological polar surface area (TPSA) is 69.6 Å². The molecule has 1 unspecified atom stereocenters. The molecule has 3 rings (SSSR count). The van der Waals surface area contributed by atoms with Crippen molar-refractivity contribution in [2.75, 3.05) is 32.7 Å². The van der Waals surface area contributed by atoms with Crippen molar-refractivity contribution in [3.8, 4) is 0 Å². The third kappa shape index (κ3) is 4.55. The maximum absolute atomic E-state index is 11.9. The largest absolute Gasteiger partial charge is 0.481 e. The molecule has 2 fully saturated rings. The highest BCUT2D eigenvalue weighted by Crippen LogP contribution is 2.45. The van der Waals surface area contributed by atoms with Gasteiger partial charge >= 0.3 is 5.97 Å². The lowest BCUT2D eigenvalue weighted by Crippen LogP contribution is -2.45.